The van der Waals surface area contributed by atoms with Crippen molar-refractivity contribution in [2.75, 3.05) is 13.2 Å². The topological polar surface area (TPSA) is 78.9 Å². The highest BCUT2D eigenvalue weighted by Crippen LogP contribution is 2.19. The first kappa shape index (κ1) is 76.6. The number of rotatable bonds is 66. The van der Waals surface area contributed by atoms with Crippen LogP contribution in [0.2, 0.25) is 0 Å². The summed E-state index contributed by atoms with van der Waals surface area (Å²) in [5.41, 5.74) is 0. The van der Waals surface area contributed by atoms with Gasteiger partial charge in [0.2, 0.25) is 0 Å². The lowest BCUT2D eigenvalue weighted by Gasteiger charge is -2.18. The normalized spacial score (nSPS) is 12.2. The van der Waals surface area contributed by atoms with E-state index in [-0.39, 0.29) is 31.1 Å². The summed E-state index contributed by atoms with van der Waals surface area (Å²) >= 11 is 0. The van der Waals surface area contributed by atoms with Crippen LogP contribution in [-0.4, -0.2) is 37.2 Å². The molecule has 0 rings (SSSR count). The van der Waals surface area contributed by atoms with E-state index in [0.717, 1.165) is 70.6 Å². The van der Waals surface area contributed by atoms with Gasteiger partial charge in [-0.3, -0.25) is 14.4 Å². The lowest BCUT2D eigenvalue weighted by molar-refractivity contribution is -0.167. The third-order valence-corrected chi connectivity index (χ3v) is 16.1. The van der Waals surface area contributed by atoms with E-state index in [4.69, 9.17) is 14.2 Å². The Labute approximate surface area is 493 Å². The first-order chi connectivity index (χ1) is 39.0. The van der Waals surface area contributed by atoms with E-state index < -0.39 is 6.10 Å². The molecule has 0 heterocycles. The van der Waals surface area contributed by atoms with Crippen LogP contribution in [0.3, 0.4) is 0 Å². The second-order valence-electron chi connectivity index (χ2n) is 24.1. The lowest BCUT2D eigenvalue weighted by atomic mass is 10.0. The van der Waals surface area contributed by atoms with Crippen molar-refractivity contribution in [2.24, 2.45) is 0 Å². The molecular weight excluding hydrogens is 973 g/mol. The van der Waals surface area contributed by atoms with Gasteiger partial charge in [0.25, 0.3) is 0 Å². The molecule has 0 aliphatic rings. The standard InChI is InChI=1S/C73H136O6/c1-4-7-10-13-16-19-22-24-26-28-30-31-32-33-34-35-36-37-38-39-40-41-43-44-46-48-51-54-57-60-63-66-72(75)78-69-70(68-77-71(74)65-62-59-56-53-50-21-18-15-12-9-6-3)79-73(76)67-64-61-58-55-52-49-47-45-42-29-27-25-23-20-17-14-11-8-5-2/h15,17-18,20,25,27,70H,4-14,16,19,21-24,26,28-69H2,1-3H3/b18-15-,20-17-,27-25-. The van der Waals surface area contributed by atoms with Crippen LogP contribution < -0.4 is 0 Å². The predicted octanol–water partition coefficient (Wildman–Crippen LogP) is 24.3. The third kappa shape index (κ3) is 66.3. The van der Waals surface area contributed by atoms with Crippen LogP contribution in [0.1, 0.15) is 393 Å². The van der Waals surface area contributed by atoms with E-state index in [0.29, 0.717) is 19.3 Å². The molecule has 0 amide bonds. The number of unbranched alkanes of at least 4 members (excludes halogenated alkanes) is 49. The summed E-state index contributed by atoms with van der Waals surface area (Å²) in [7, 11) is 0. The fourth-order valence-electron chi connectivity index (χ4n) is 10.8. The van der Waals surface area contributed by atoms with Crippen LogP contribution in [0.15, 0.2) is 36.5 Å². The molecule has 0 radical (unpaired) electrons. The number of hydrogen-bond donors (Lipinski definition) is 0. The van der Waals surface area contributed by atoms with Crippen molar-refractivity contribution in [1.82, 2.24) is 0 Å². The molecule has 0 spiro atoms. The van der Waals surface area contributed by atoms with Crippen molar-refractivity contribution in [2.45, 2.75) is 399 Å². The maximum Gasteiger partial charge on any atom is 0.306 e. The minimum Gasteiger partial charge on any atom is -0.462 e. The first-order valence-electron chi connectivity index (χ1n) is 35.5. The fourth-order valence-corrected chi connectivity index (χ4v) is 10.8. The molecule has 6 nitrogen and oxygen atoms in total. The number of hydrogen-bond acceptors (Lipinski definition) is 6. The van der Waals surface area contributed by atoms with E-state index in [2.05, 4.69) is 57.2 Å². The van der Waals surface area contributed by atoms with E-state index in [9.17, 15) is 14.4 Å². The van der Waals surface area contributed by atoms with Gasteiger partial charge < -0.3 is 14.2 Å². The molecule has 464 valence electrons. The highest BCUT2D eigenvalue weighted by molar-refractivity contribution is 5.71. The largest absolute Gasteiger partial charge is 0.462 e. The highest BCUT2D eigenvalue weighted by Gasteiger charge is 2.19. The molecule has 0 saturated carbocycles. The zero-order valence-corrected chi connectivity index (χ0v) is 53.4. The van der Waals surface area contributed by atoms with Crippen molar-refractivity contribution in [3.8, 4) is 0 Å². The molecule has 0 aromatic carbocycles. The molecule has 79 heavy (non-hydrogen) atoms. The Morgan fingerprint density at radius 3 is 0.772 bits per heavy atom. The van der Waals surface area contributed by atoms with Crippen LogP contribution in [0.5, 0.6) is 0 Å². The Morgan fingerprint density at radius 1 is 0.253 bits per heavy atom. The van der Waals surface area contributed by atoms with Crippen LogP contribution in [0.25, 0.3) is 0 Å². The summed E-state index contributed by atoms with van der Waals surface area (Å²) in [6.07, 6.45) is 84.8. The summed E-state index contributed by atoms with van der Waals surface area (Å²) in [6, 6.07) is 0. The molecule has 0 aromatic heterocycles. The molecule has 0 saturated heterocycles. The first-order valence-corrected chi connectivity index (χ1v) is 35.5. The molecule has 0 bridgehead atoms. The quantitative estimate of drug-likeness (QED) is 0.0261. The molecule has 0 fully saturated rings. The van der Waals surface area contributed by atoms with E-state index >= 15 is 0 Å². The van der Waals surface area contributed by atoms with Crippen LogP contribution in [-0.2, 0) is 28.6 Å². The lowest BCUT2D eigenvalue weighted by Crippen LogP contribution is -2.30. The summed E-state index contributed by atoms with van der Waals surface area (Å²) in [6.45, 7) is 6.63. The van der Waals surface area contributed by atoms with Gasteiger partial charge in [0.05, 0.1) is 0 Å². The second-order valence-corrected chi connectivity index (χ2v) is 24.1. The van der Waals surface area contributed by atoms with Gasteiger partial charge in [-0.1, -0.05) is 340 Å². The minimum atomic E-state index is -0.776. The monoisotopic (exact) mass is 1110 g/mol. The molecule has 1 atom stereocenters. The summed E-state index contributed by atoms with van der Waals surface area (Å²) in [5, 5.41) is 0. The minimum absolute atomic E-state index is 0.0722. The summed E-state index contributed by atoms with van der Waals surface area (Å²) in [4.78, 5) is 38.3. The van der Waals surface area contributed by atoms with Crippen molar-refractivity contribution in [1.29, 1.82) is 0 Å². The Kier molecular flexibility index (Phi) is 66.1. The number of ether oxygens (including phenoxy) is 3. The second kappa shape index (κ2) is 68.1. The van der Waals surface area contributed by atoms with E-state index in [1.54, 1.807) is 0 Å². The number of carbonyl (C=O) groups is 3. The Hall–Kier alpha value is -2.37. The molecular formula is C73H136O6. The molecule has 0 N–H and O–H groups in total. The smallest absolute Gasteiger partial charge is 0.306 e. The predicted molar refractivity (Wildman–Crippen MR) is 344 cm³/mol. The number of allylic oxidation sites excluding steroid dienone is 6. The molecule has 0 aliphatic heterocycles. The summed E-state index contributed by atoms with van der Waals surface area (Å²) in [5.74, 6) is -0.862. The maximum absolute atomic E-state index is 12.9. The Morgan fingerprint density at radius 2 is 0.468 bits per heavy atom. The van der Waals surface area contributed by atoms with Crippen molar-refractivity contribution in [3.63, 3.8) is 0 Å². The van der Waals surface area contributed by atoms with E-state index in [1.165, 1.54) is 283 Å². The van der Waals surface area contributed by atoms with Crippen LogP contribution >= 0.6 is 0 Å². The van der Waals surface area contributed by atoms with Crippen molar-refractivity contribution >= 4 is 17.9 Å². The van der Waals surface area contributed by atoms with Gasteiger partial charge in [-0.2, -0.15) is 0 Å². The van der Waals surface area contributed by atoms with Crippen molar-refractivity contribution < 1.29 is 28.6 Å². The number of carbonyl (C=O) groups excluding carboxylic acids is 3. The van der Waals surface area contributed by atoms with Gasteiger partial charge in [-0.25, -0.2) is 0 Å². The van der Waals surface area contributed by atoms with Crippen LogP contribution in [0.4, 0.5) is 0 Å². The molecule has 0 aromatic rings. The van der Waals surface area contributed by atoms with Gasteiger partial charge >= 0.3 is 17.9 Å². The van der Waals surface area contributed by atoms with Crippen molar-refractivity contribution in [3.05, 3.63) is 36.5 Å². The van der Waals surface area contributed by atoms with Gasteiger partial charge in [-0.05, 0) is 70.6 Å². The SMILES string of the molecule is CCCC/C=C\CCCCCCCC(=O)OCC(COC(=O)CCCCCCCCCCCCCCCCCCCCCCCCCCCCCCCCC)OC(=O)CCCCCCCCCCC/C=C\C/C=C\CCCCC. The molecule has 1 unspecified atom stereocenters. The zero-order chi connectivity index (χ0) is 57.1. The van der Waals surface area contributed by atoms with Gasteiger partial charge in [0.15, 0.2) is 6.10 Å². The van der Waals surface area contributed by atoms with E-state index in [1.807, 2.05) is 0 Å². The Bertz CT molecular complexity index is 1320. The number of esters is 3. The van der Waals surface area contributed by atoms with Gasteiger partial charge in [-0.15, -0.1) is 0 Å². The molecule has 6 heteroatoms. The van der Waals surface area contributed by atoms with Crippen LogP contribution in [0, 0.1) is 0 Å². The zero-order valence-electron chi connectivity index (χ0n) is 53.4. The average molecular weight is 1110 g/mol. The van der Waals surface area contributed by atoms with Gasteiger partial charge in [0.1, 0.15) is 13.2 Å². The average Bonchev–Trinajstić information content (AvgIpc) is 3.45. The summed E-state index contributed by atoms with van der Waals surface area (Å²) < 4.78 is 16.9. The maximum atomic E-state index is 12.9. The fraction of sp³-hybridized carbons (Fsp3) is 0.877. The molecule has 0 aliphatic carbocycles. The third-order valence-electron chi connectivity index (χ3n) is 16.1. The highest BCUT2D eigenvalue weighted by atomic mass is 16.6. The Balaban J connectivity index is 4.10. The van der Waals surface area contributed by atoms with Gasteiger partial charge in [0, 0.05) is 19.3 Å².